The number of hydrogen-bond donors (Lipinski definition) is 1. The van der Waals surface area contributed by atoms with Crippen molar-refractivity contribution in [3.05, 3.63) is 0 Å². The first-order chi connectivity index (χ1) is 4.61. The van der Waals surface area contributed by atoms with Gasteiger partial charge in [-0.15, -0.1) is 0 Å². The van der Waals surface area contributed by atoms with Crippen molar-refractivity contribution in [2.24, 2.45) is 4.99 Å². The molecule has 1 heterocycles. The lowest BCUT2D eigenvalue weighted by molar-refractivity contribution is -0.129. The summed E-state index contributed by atoms with van der Waals surface area (Å²) in [6.07, 6.45) is 0. The summed E-state index contributed by atoms with van der Waals surface area (Å²) in [6.45, 7) is 1.64. The van der Waals surface area contributed by atoms with Crippen molar-refractivity contribution >= 4 is 28.7 Å². The Morgan fingerprint density at radius 3 is 2.60 bits per heavy atom. The number of aliphatic imine (C=N–C) groups is 1. The van der Waals surface area contributed by atoms with E-state index in [1.165, 1.54) is 0 Å². The van der Waals surface area contributed by atoms with E-state index in [0.29, 0.717) is 0 Å². The largest absolute Gasteiger partial charge is 0.477 e. The molecule has 5 heteroatoms. The zero-order valence-corrected chi connectivity index (χ0v) is 6.01. The van der Waals surface area contributed by atoms with Gasteiger partial charge in [-0.05, 0) is 6.92 Å². The van der Waals surface area contributed by atoms with Crippen LogP contribution in [0.3, 0.4) is 0 Å². The van der Waals surface area contributed by atoms with Crippen molar-refractivity contribution in [1.29, 1.82) is 0 Å². The second kappa shape index (κ2) is 2.42. The topological polar surface area (TPSA) is 66.7 Å². The van der Waals surface area contributed by atoms with Gasteiger partial charge in [0.25, 0.3) is 0 Å². The van der Waals surface area contributed by atoms with E-state index in [0.717, 1.165) is 11.8 Å². The monoisotopic (exact) mass is 159 g/mol. The molecule has 1 unspecified atom stereocenters. The fourth-order valence-corrected chi connectivity index (χ4v) is 1.36. The number of amides is 1. The van der Waals surface area contributed by atoms with Crippen molar-refractivity contribution in [3.8, 4) is 0 Å². The normalized spacial score (nSPS) is 24.7. The Bertz CT molecular complexity index is 223. The molecule has 10 heavy (non-hydrogen) atoms. The first-order valence-electron chi connectivity index (χ1n) is 2.63. The summed E-state index contributed by atoms with van der Waals surface area (Å²) in [5.74, 6) is -1.11. The van der Waals surface area contributed by atoms with E-state index in [4.69, 9.17) is 5.11 Å². The van der Waals surface area contributed by atoms with Gasteiger partial charge >= 0.3 is 11.2 Å². The van der Waals surface area contributed by atoms with Gasteiger partial charge < -0.3 is 5.11 Å². The summed E-state index contributed by atoms with van der Waals surface area (Å²) in [5.41, 5.74) is -0.0463. The zero-order chi connectivity index (χ0) is 7.72. The fraction of sp³-hybridized carbons (Fsp3) is 0.400. The maximum absolute atomic E-state index is 10.5. The first-order valence-corrected chi connectivity index (χ1v) is 3.51. The van der Waals surface area contributed by atoms with Crippen LogP contribution in [0.2, 0.25) is 0 Å². The molecule has 1 aliphatic heterocycles. The Labute approximate surface area is 61.3 Å². The van der Waals surface area contributed by atoms with Gasteiger partial charge in [0.05, 0.1) is 5.25 Å². The maximum atomic E-state index is 10.5. The molecule has 0 radical (unpaired) electrons. The van der Waals surface area contributed by atoms with E-state index in [1.807, 2.05) is 0 Å². The molecule has 1 N–H and O–H groups in total. The van der Waals surface area contributed by atoms with E-state index in [1.54, 1.807) is 6.92 Å². The number of rotatable bonds is 1. The SMILES string of the molecule is CC1SC(=O)N=C1C(=O)O. The first kappa shape index (κ1) is 7.27. The third-order valence-electron chi connectivity index (χ3n) is 1.09. The third kappa shape index (κ3) is 1.18. The number of carbonyl (C=O) groups is 2. The predicted molar refractivity (Wildman–Crippen MR) is 37.5 cm³/mol. The van der Waals surface area contributed by atoms with Crippen LogP contribution in [-0.2, 0) is 4.79 Å². The van der Waals surface area contributed by atoms with Crippen LogP contribution in [0.1, 0.15) is 6.92 Å². The standard InChI is InChI=1S/C5H5NO3S/c1-2-3(4(7)8)6-5(9)10-2/h2H,1H3,(H,7,8). The molecule has 54 valence electrons. The molecule has 0 aliphatic carbocycles. The number of nitrogens with zero attached hydrogens (tertiary/aromatic N) is 1. The number of carbonyl (C=O) groups excluding carboxylic acids is 1. The summed E-state index contributed by atoms with van der Waals surface area (Å²) in [7, 11) is 0. The van der Waals surface area contributed by atoms with Crippen molar-refractivity contribution in [3.63, 3.8) is 0 Å². The van der Waals surface area contributed by atoms with Gasteiger partial charge in [-0.2, -0.15) is 4.99 Å². The Morgan fingerprint density at radius 2 is 2.40 bits per heavy atom. The van der Waals surface area contributed by atoms with Crippen molar-refractivity contribution < 1.29 is 14.7 Å². The van der Waals surface area contributed by atoms with E-state index in [2.05, 4.69) is 4.99 Å². The average Bonchev–Trinajstić information content (AvgIpc) is 2.10. The van der Waals surface area contributed by atoms with Crippen LogP contribution in [0.15, 0.2) is 4.99 Å². The van der Waals surface area contributed by atoms with Crippen molar-refractivity contribution in [2.75, 3.05) is 0 Å². The molecule has 1 aliphatic rings. The highest BCUT2D eigenvalue weighted by Gasteiger charge is 2.28. The predicted octanol–water partition coefficient (Wildman–Crippen LogP) is 0.767. The minimum Gasteiger partial charge on any atom is -0.477 e. The highest BCUT2D eigenvalue weighted by atomic mass is 32.2. The number of thioether (sulfide) groups is 1. The molecule has 0 aromatic heterocycles. The number of aliphatic carboxylic acids is 1. The van der Waals surface area contributed by atoms with E-state index in [-0.39, 0.29) is 11.0 Å². The molecule has 0 saturated carbocycles. The number of hydrogen-bond acceptors (Lipinski definition) is 3. The van der Waals surface area contributed by atoms with Crippen LogP contribution in [-0.4, -0.2) is 27.3 Å². The molecule has 1 amide bonds. The quantitative estimate of drug-likeness (QED) is 0.613. The maximum Gasteiger partial charge on any atom is 0.351 e. The van der Waals surface area contributed by atoms with Gasteiger partial charge in [0.2, 0.25) is 0 Å². The average molecular weight is 159 g/mol. The van der Waals surface area contributed by atoms with Crippen LogP contribution in [0.4, 0.5) is 4.79 Å². The van der Waals surface area contributed by atoms with Crippen LogP contribution >= 0.6 is 11.8 Å². The van der Waals surface area contributed by atoms with Gasteiger partial charge in [-0.3, -0.25) is 4.79 Å². The Balaban J connectivity index is 2.85. The molecule has 0 spiro atoms. The molecule has 4 nitrogen and oxygen atoms in total. The molecule has 0 bridgehead atoms. The lowest BCUT2D eigenvalue weighted by atomic mass is 10.3. The van der Waals surface area contributed by atoms with Gasteiger partial charge in [0, 0.05) is 0 Å². The highest BCUT2D eigenvalue weighted by molar-refractivity contribution is 8.15. The smallest absolute Gasteiger partial charge is 0.351 e. The Morgan fingerprint density at radius 1 is 1.80 bits per heavy atom. The van der Waals surface area contributed by atoms with Gasteiger partial charge in [-0.25, -0.2) is 4.79 Å². The van der Waals surface area contributed by atoms with Crippen LogP contribution < -0.4 is 0 Å². The minimum atomic E-state index is -1.11. The molecule has 1 atom stereocenters. The van der Waals surface area contributed by atoms with Gasteiger partial charge in [0.1, 0.15) is 5.71 Å². The number of carboxylic acid groups (broad SMARTS) is 1. The molecule has 0 fully saturated rings. The zero-order valence-electron chi connectivity index (χ0n) is 5.20. The molecule has 0 aromatic rings. The third-order valence-corrected chi connectivity index (χ3v) is 1.96. The summed E-state index contributed by atoms with van der Waals surface area (Å²) in [6, 6.07) is 0. The van der Waals surface area contributed by atoms with Gasteiger partial charge in [0.15, 0.2) is 0 Å². The van der Waals surface area contributed by atoms with Gasteiger partial charge in [-0.1, -0.05) is 11.8 Å². The molecular formula is C5H5NO3S. The van der Waals surface area contributed by atoms with E-state index >= 15 is 0 Å². The van der Waals surface area contributed by atoms with Crippen LogP contribution in [0.25, 0.3) is 0 Å². The Kier molecular flexibility index (Phi) is 1.76. The lowest BCUT2D eigenvalue weighted by Gasteiger charge is -1.95. The number of carboxylic acids is 1. The van der Waals surface area contributed by atoms with Crippen molar-refractivity contribution in [1.82, 2.24) is 0 Å². The molecule has 1 rings (SSSR count). The second-order valence-electron chi connectivity index (χ2n) is 1.83. The molecule has 0 aromatic carbocycles. The summed E-state index contributed by atoms with van der Waals surface area (Å²) < 4.78 is 0. The summed E-state index contributed by atoms with van der Waals surface area (Å²) in [5, 5.41) is 7.69. The fourth-order valence-electron chi connectivity index (χ4n) is 0.644. The highest BCUT2D eigenvalue weighted by Crippen LogP contribution is 2.22. The Hall–Kier alpha value is -0.840. The molecular weight excluding hydrogens is 154 g/mol. The second-order valence-corrected chi connectivity index (χ2v) is 3.12. The van der Waals surface area contributed by atoms with Crippen LogP contribution in [0, 0.1) is 0 Å². The van der Waals surface area contributed by atoms with E-state index in [9.17, 15) is 9.59 Å². The van der Waals surface area contributed by atoms with Crippen LogP contribution in [0.5, 0.6) is 0 Å². The minimum absolute atomic E-state index is 0.0463. The lowest BCUT2D eigenvalue weighted by Crippen LogP contribution is -2.19. The van der Waals surface area contributed by atoms with Crippen molar-refractivity contribution in [2.45, 2.75) is 12.2 Å². The summed E-state index contributed by atoms with van der Waals surface area (Å²) in [4.78, 5) is 24.1. The summed E-state index contributed by atoms with van der Waals surface area (Å²) >= 11 is 0.933. The van der Waals surface area contributed by atoms with E-state index < -0.39 is 11.2 Å². The molecule has 0 saturated heterocycles.